The zero-order valence-electron chi connectivity index (χ0n) is 12.4. The fourth-order valence-electron chi connectivity index (χ4n) is 3.16. The van der Waals surface area contributed by atoms with E-state index in [1.165, 1.54) is 5.56 Å². The lowest BCUT2D eigenvalue weighted by Crippen LogP contribution is -2.42. The fraction of sp³-hybridized carbons (Fsp3) is 0.562. The van der Waals surface area contributed by atoms with Crippen molar-refractivity contribution in [2.24, 2.45) is 0 Å². The van der Waals surface area contributed by atoms with Gasteiger partial charge in [0.25, 0.3) is 0 Å². The Balaban J connectivity index is 2.11. The molecule has 1 heterocycles. The number of hydrogen-bond donors (Lipinski definition) is 1. The highest BCUT2D eigenvalue weighted by molar-refractivity contribution is 5.73. The molecule has 0 aromatic heterocycles. The van der Waals surface area contributed by atoms with E-state index < -0.39 is 5.97 Å². The van der Waals surface area contributed by atoms with E-state index in [2.05, 4.69) is 24.0 Å². The van der Waals surface area contributed by atoms with Crippen LogP contribution in [0.25, 0.3) is 0 Å². The molecule has 1 aromatic carbocycles. The van der Waals surface area contributed by atoms with Crippen molar-refractivity contribution in [3.8, 4) is 5.75 Å². The van der Waals surface area contributed by atoms with Gasteiger partial charge in [0.05, 0.1) is 7.11 Å². The molecule has 0 aliphatic carbocycles. The maximum Gasteiger partial charge on any atom is 0.320 e. The van der Waals surface area contributed by atoms with Gasteiger partial charge in [-0.05, 0) is 43.4 Å². The third-order valence-electron chi connectivity index (χ3n) is 4.28. The van der Waals surface area contributed by atoms with Crippen LogP contribution >= 0.6 is 0 Å². The van der Waals surface area contributed by atoms with Crippen LogP contribution < -0.4 is 4.74 Å². The van der Waals surface area contributed by atoms with Crippen LogP contribution in [0.1, 0.15) is 38.2 Å². The van der Waals surface area contributed by atoms with Crippen LogP contribution in [0.2, 0.25) is 0 Å². The molecule has 0 radical (unpaired) electrons. The summed E-state index contributed by atoms with van der Waals surface area (Å²) >= 11 is 0. The van der Waals surface area contributed by atoms with Gasteiger partial charge in [-0.3, -0.25) is 9.69 Å². The zero-order chi connectivity index (χ0) is 14.7. The van der Waals surface area contributed by atoms with Gasteiger partial charge in [-0.1, -0.05) is 19.1 Å². The summed E-state index contributed by atoms with van der Waals surface area (Å²) in [4.78, 5) is 13.5. The summed E-state index contributed by atoms with van der Waals surface area (Å²) in [6.07, 6.45) is 1.66. The van der Waals surface area contributed by atoms with E-state index in [1.807, 2.05) is 19.1 Å². The Labute approximate surface area is 120 Å². The second kappa shape index (κ2) is 6.27. The van der Waals surface area contributed by atoms with E-state index in [1.54, 1.807) is 7.11 Å². The highest BCUT2D eigenvalue weighted by Gasteiger charge is 2.36. The van der Waals surface area contributed by atoms with Crippen LogP contribution in [0.3, 0.4) is 0 Å². The van der Waals surface area contributed by atoms with Crippen LogP contribution in [0.4, 0.5) is 0 Å². The van der Waals surface area contributed by atoms with Crippen molar-refractivity contribution in [2.75, 3.05) is 13.7 Å². The maximum atomic E-state index is 11.3. The van der Waals surface area contributed by atoms with Crippen LogP contribution in [0, 0.1) is 0 Å². The quantitative estimate of drug-likeness (QED) is 0.899. The maximum absolute atomic E-state index is 11.3. The first-order valence-electron chi connectivity index (χ1n) is 7.19. The molecule has 3 atom stereocenters. The Morgan fingerprint density at radius 2 is 2.10 bits per heavy atom. The lowest BCUT2D eigenvalue weighted by molar-refractivity contribution is -0.143. The number of ether oxygens (including phenoxy) is 1. The van der Waals surface area contributed by atoms with Crippen molar-refractivity contribution in [1.82, 2.24) is 4.90 Å². The molecule has 0 bridgehead atoms. The average molecular weight is 277 g/mol. The molecule has 1 fully saturated rings. The van der Waals surface area contributed by atoms with Gasteiger partial charge in [0.1, 0.15) is 11.8 Å². The molecule has 1 aromatic rings. The molecule has 2 rings (SSSR count). The predicted molar refractivity (Wildman–Crippen MR) is 78.2 cm³/mol. The Morgan fingerprint density at radius 3 is 2.60 bits per heavy atom. The third-order valence-corrected chi connectivity index (χ3v) is 4.28. The molecule has 1 N–H and O–H groups in total. The fourth-order valence-corrected chi connectivity index (χ4v) is 3.16. The van der Waals surface area contributed by atoms with Gasteiger partial charge in [-0.25, -0.2) is 0 Å². The predicted octanol–water partition coefficient (Wildman–Crippen LogP) is 2.74. The molecular weight excluding hydrogens is 254 g/mol. The van der Waals surface area contributed by atoms with E-state index in [9.17, 15) is 9.90 Å². The molecule has 0 saturated carbocycles. The van der Waals surface area contributed by atoms with E-state index in [-0.39, 0.29) is 6.04 Å². The summed E-state index contributed by atoms with van der Waals surface area (Å²) in [5.74, 6) is 0.549. The second-order valence-corrected chi connectivity index (χ2v) is 5.51. The number of rotatable bonds is 5. The number of likely N-dealkylation sites (tertiary alicyclic amines) is 1. The van der Waals surface area contributed by atoms with Gasteiger partial charge >= 0.3 is 5.97 Å². The lowest BCUT2D eigenvalue weighted by Gasteiger charge is -2.27. The second-order valence-electron chi connectivity index (χ2n) is 5.51. The number of carbonyl (C=O) groups is 1. The lowest BCUT2D eigenvalue weighted by atomic mass is 9.97. The molecule has 0 spiro atoms. The van der Waals surface area contributed by atoms with Crippen LogP contribution in [0.5, 0.6) is 5.75 Å². The number of hydrogen-bond acceptors (Lipinski definition) is 3. The molecule has 0 unspecified atom stereocenters. The molecule has 0 amide bonds. The first kappa shape index (κ1) is 14.9. The summed E-state index contributed by atoms with van der Waals surface area (Å²) < 4.78 is 5.17. The van der Waals surface area contributed by atoms with Crippen molar-refractivity contribution in [2.45, 2.75) is 44.7 Å². The average Bonchev–Trinajstić information content (AvgIpc) is 2.81. The van der Waals surface area contributed by atoms with Crippen molar-refractivity contribution in [3.05, 3.63) is 29.8 Å². The Morgan fingerprint density at radius 1 is 1.45 bits per heavy atom. The van der Waals surface area contributed by atoms with Crippen LogP contribution in [0.15, 0.2) is 24.3 Å². The zero-order valence-corrected chi connectivity index (χ0v) is 12.4. The first-order chi connectivity index (χ1) is 9.56. The summed E-state index contributed by atoms with van der Waals surface area (Å²) in [6, 6.07) is 8.05. The number of carboxylic acids is 1. The van der Waals surface area contributed by atoms with E-state index in [4.69, 9.17) is 4.74 Å². The van der Waals surface area contributed by atoms with Gasteiger partial charge in [0, 0.05) is 12.6 Å². The topological polar surface area (TPSA) is 49.8 Å². The molecule has 4 nitrogen and oxygen atoms in total. The smallest absolute Gasteiger partial charge is 0.320 e. The van der Waals surface area contributed by atoms with Crippen molar-refractivity contribution < 1.29 is 14.6 Å². The molecule has 20 heavy (non-hydrogen) atoms. The summed E-state index contributed by atoms with van der Waals surface area (Å²) in [7, 11) is 1.66. The molecule has 1 aliphatic rings. The van der Waals surface area contributed by atoms with Crippen LogP contribution in [-0.4, -0.2) is 41.7 Å². The molecule has 1 saturated heterocycles. The molecular formula is C16H23NO3. The Kier molecular flexibility index (Phi) is 4.65. The van der Waals surface area contributed by atoms with Gasteiger partial charge in [0.2, 0.25) is 0 Å². The minimum Gasteiger partial charge on any atom is -0.497 e. The number of methoxy groups -OCH3 is 1. The van der Waals surface area contributed by atoms with E-state index >= 15 is 0 Å². The van der Waals surface area contributed by atoms with E-state index in [0.29, 0.717) is 18.4 Å². The summed E-state index contributed by atoms with van der Waals surface area (Å²) in [6.45, 7) is 4.87. The Bertz CT molecular complexity index is 457. The molecule has 1 aliphatic heterocycles. The first-order valence-corrected chi connectivity index (χ1v) is 7.19. The largest absolute Gasteiger partial charge is 0.497 e. The molecule has 4 heteroatoms. The van der Waals surface area contributed by atoms with Gasteiger partial charge < -0.3 is 9.84 Å². The van der Waals surface area contributed by atoms with Crippen molar-refractivity contribution >= 4 is 5.97 Å². The number of benzene rings is 1. The minimum atomic E-state index is -0.713. The van der Waals surface area contributed by atoms with Crippen molar-refractivity contribution in [3.63, 3.8) is 0 Å². The van der Waals surface area contributed by atoms with Gasteiger partial charge in [-0.15, -0.1) is 0 Å². The van der Waals surface area contributed by atoms with Crippen molar-refractivity contribution in [1.29, 1.82) is 0 Å². The van der Waals surface area contributed by atoms with Crippen LogP contribution in [-0.2, 0) is 4.79 Å². The highest BCUT2D eigenvalue weighted by atomic mass is 16.5. The van der Waals surface area contributed by atoms with E-state index in [0.717, 1.165) is 18.7 Å². The molecule has 110 valence electrons. The highest BCUT2D eigenvalue weighted by Crippen LogP contribution is 2.34. The standard InChI is InChI=1S/C16H23NO3/c1-4-15(16(18)19)17-10-13(9-11(17)2)12-5-7-14(20-3)8-6-12/h5-8,11,13,15H,4,9-10H2,1-3H3,(H,18,19)/t11-,13+,15-/m1/s1. The van der Waals surface area contributed by atoms with Gasteiger partial charge in [-0.2, -0.15) is 0 Å². The number of nitrogens with zero attached hydrogens (tertiary/aromatic N) is 1. The number of carboxylic acid groups (broad SMARTS) is 1. The monoisotopic (exact) mass is 277 g/mol. The minimum absolute atomic E-state index is 0.308. The third kappa shape index (κ3) is 2.96. The number of aliphatic carboxylic acids is 1. The van der Waals surface area contributed by atoms with Gasteiger partial charge in [0.15, 0.2) is 0 Å². The normalized spacial score (nSPS) is 24.6. The summed E-state index contributed by atoms with van der Waals surface area (Å²) in [5.41, 5.74) is 1.26. The summed E-state index contributed by atoms with van der Waals surface area (Å²) in [5, 5.41) is 9.32. The SMILES string of the molecule is CC[C@H](C(=O)O)N1C[C@@H](c2ccc(OC)cc2)C[C@H]1C. The Hall–Kier alpha value is -1.55.